The third-order valence-electron chi connectivity index (χ3n) is 4.34. The topological polar surface area (TPSA) is 104 Å². The molecule has 2 aromatic carbocycles. The van der Waals surface area contributed by atoms with Crippen LogP contribution in [0, 0.1) is 0 Å². The van der Waals surface area contributed by atoms with Crippen molar-refractivity contribution in [2.24, 2.45) is 0 Å². The molecular weight excluding hydrogens is 430 g/mol. The van der Waals surface area contributed by atoms with Gasteiger partial charge in [0.15, 0.2) is 6.61 Å². The van der Waals surface area contributed by atoms with E-state index in [0.29, 0.717) is 28.8 Å². The van der Waals surface area contributed by atoms with Crippen molar-refractivity contribution in [2.45, 2.75) is 38.5 Å². The van der Waals surface area contributed by atoms with Crippen LogP contribution in [-0.4, -0.2) is 34.4 Å². The Morgan fingerprint density at radius 2 is 1.91 bits per heavy atom. The van der Waals surface area contributed by atoms with Crippen LogP contribution in [0.3, 0.4) is 0 Å². The fraction of sp³-hybridized carbons (Fsp3) is 0.304. The molecule has 0 unspecified atom stereocenters. The SMILES string of the molecule is CCOC(=O)c1cccc(NC(=O)CSc2nnc(COc3ccc(C(C)C)cc3)o2)c1. The molecule has 0 aliphatic carbocycles. The second-order valence-electron chi connectivity index (χ2n) is 7.11. The van der Waals surface area contributed by atoms with Gasteiger partial charge < -0.3 is 19.2 Å². The molecule has 0 atom stereocenters. The predicted molar refractivity (Wildman–Crippen MR) is 121 cm³/mol. The number of benzene rings is 2. The zero-order valence-corrected chi connectivity index (χ0v) is 19.0. The molecule has 0 aliphatic heterocycles. The van der Waals surface area contributed by atoms with Crippen molar-refractivity contribution in [3.8, 4) is 5.75 Å². The maximum absolute atomic E-state index is 12.2. The zero-order valence-electron chi connectivity index (χ0n) is 18.2. The van der Waals surface area contributed by atoms with Crippen LogP contribution >= 0.6 is 11.8 Å². The molecule has 0 fully saturated rings. The number of esters is 1. The zero-order chi connectivity index (χ0) is 22.9. The molecule has 0 saturated carbocycles. The molecule has 1 amide bonds. The molecule has 3 aromatic rings. The fourth-order valence-electron chi connectivity index (χ4n) is 2.71. The number of thioether (sulfide) groups is 1. The van der Waals surface area contributed by atoms with Crippen molar-refractivity contribution in [1.82, 2.24) is 10.2 Å². The van der Waals surface area contributed by atoms with Gasteiger partial charge in [0.2, 0.25) is 5.91 Å². The second-order valence-corrected chi connectivity index (χ2v) is 8.04. The fourth-order valence-corrected chi connectivity index (χ4v) is 3.29. The summed E-state index contributed by atoms with van der Waals surface area (Å²) in [5.74, 6) is 0.863. The number of anilines is 1. The Bertz CT molecular complexity index is 1050. The maximum atomic E-state index is 12.2. The highest BCUT2D eigenvalue weighted by Crippen LogP contribution is 2.21. The van der Waals surface area contributed by atoms with Crippen LogP contribution in [0.2, 0.25) is 0 Å². The lowest BCUT2D eigenvalue weighted by Gasteiger charge is -2.07. The number of carbonyl (C=O) groups excluding carboxylic acids is 2. The number of aromatic nitrogens is 2. The minimum absolute atomic E-state index is 0.0722. The molecule has 9 heteroatoms. The minimum Gasteiger partial charge on any atom is -0.484 e. The largest absolute Gasteiger partial charge is 0.484 e. The van der Waals surface area contributed by atoms with Crippen LogP contribution < -0.4 is 10.1 Å². The Balaban J connectivity index is 1.46. The summed E-state index contributed by atoms with van der Waals surface area (Å²) in [7, 11) is 0. The first kappa shape index (κ1) is 23.3. The molecule has 1 N–H and O–H groups in total. The van der Waals surface area contributed by atoms with E-state index in [1.54, 1.807) is 31.2 Å². The van der Waals surface area contributed by atoms with E-state index in [4.69, 9.17) is 13.9 Å². The molecule has 3 rings (SSSR count). The molecular formula is C23H25N3O5S. The number of nitrogens with one attached hydrogen (secondary N) is 1. The smallest absolute Gasteiger partial charge is 0.338 e. The summed E-state index contributed by atoms with van der Waals surface area (Å²) in [6.07, 6.45) is 0. The average Bonchev–Trinajstić information content (AvgIpc) is 3.25. The molecule has 168 valence electrons. The van der Waals surface area contributed by atoms with Crippen LogP contribution in [0.25, 0.3) is 0 Å². The van der Waals surface area contributed by atoms with Crippen molar-refractivity contribution in [1.29, 1.82) is 0 Å². The summed E-state index contributed by atoms with van der Waals surface area (Å²) in [5, 5.41) is 10.9. The highest BCUT2D eigenvalue weighted by atomic mass is 32.2. The van der Waals surface area contributed by atoms with E-state index >= 15 is 0 Å². The normalized spacial score (nSPS) is 10.8. The summed E-state index contributed by atoms with van der Waals surface area (Å²) in [4.78, 5) is 24.0. The summed E-state index contributed by atoms with van der Waals surface area (Å²) in [6, 6.07) is 14.4. The Labute approximate surface area is 190 Å². The van der Waals surface area contributed by atoms with Gasteiger partial charge >= 0.3 is 5.97 Å². The Hall–Kier alpha value is -3.33. The number of amides is 1. The number of ether oxygens (including phenoxy) is 2. The Kier molecular flexibility index (Phi) is 8.27. The van der Waals surface area contributed by atoms with E-state index in [1.165, 1.54) is 5.56 Å². The summed E-state index contributed by atoms with van der Waals surface area (Å²) in [6.45, 7) is 6.43. The number of hydrogen-bond donors (Lipinski definition) is 1. The van der Waals surface area contributed by atoms with E-state index in [1.807, 2.05) is 24.3 Å². The average molecular weight is 456 g/mol. The van der Waals surface area contributed by atoms with Gasteiger partial charge in [-0.25, -0.2) is 4.79 Å². The van der Waals surface area contributed by atoms with Crippen molar-refractivity contribution in [3.05, 3.63) is 65.5 Å². The van der Waals surface area contributed by atoms with Crippen LogP contribution in [0.15, 0.2) is 58.2 Å². The number of hydrogen-bond acceptors (Lipinski definition) is 8. The first-order valence-corrected chi connectivity index (χ1v) is 11.2. The van der Waals surface area contributed by atoms with Gasteiger partial charge in [0.25, 0.3) is 11.1 Å². The lowest BCUT2D eigenvalue weighted by atomic mass is 10.0. The van der Waals surface area contributed by atoms with E-state index < -0.39 is 5.97 Å². The minimum atomic E-state index is -0.436. The lowest BCUT2D eigenvalue weighted by molar-refractivity contribution is -0.113. The molecule has 0 spiro atoms. The van der Waals surface area contributed by atoms with Gasteiger partial charge in [-0.2, -0.15) is 0 Å². The number of rotatable bonds is 10. The highest BCUT2D eigenvalue weighted by molar-refractivity contribution is 7.99. The Morgan fingerprint density at radius 1 is 1.12 bits per heavy atom. The molecule has 1 heterocycles. The molecule has 0 saturated heterocycles. The van der Waals surface area contributed by atoms with Gasteiger partial charge in [-0.15, -0.1) is 10.2 Å². The number of carbonyl (C=O) groups is 2. The van der Waals surface area contributed by atoms with Crippen LogP contribution in [0.1, 0.15) is 48.5 Å². The van der Waals surface area contributed by atoms with E-state index in [9.17, 15) is 9.59 Å². The lowest BCUT2D eigenvalue weighted by Crippen LogP contribution is -2.14. The standard InChI is InChI=1S/C23H25N3O5S/c1-4-29-22(28)17-6-5-7-18(12-17)24-20(27)14-32-23-26-25-21(31-23)13-30-19-10-8-16(9-11-19)15(2)3/h5-12,15H,4,13-14H2,1-3H3,(H,24,27). The van der Waals surface area contributed by atoms with Gasteiger partial charge in [0.1, 0.15) is 5.75 Å². The second kappa shape index (κ2) is 11.3. The van der Waals surface area contributed by atoms with Gasteiger partial charge in [-0.3, -0.25) is 4.79 Å². The van der Waals surface area contributed by atoms with Crippen molar-refractivity contribution in [2.75, 3.05) is 17.7 Å². The molecule has 8 nitrogen and oxygen atoms in total. The van der Waals surface area contributed by atoms with E-state index in [2.05, 4.69) is 29.4 Å². The molecule has 32 heavy (non-hydrogen) atoms. The molecule has 0 radical (unpaired) electrons. The molecule has 1 aromatic heterocycles. The quantitative estimate of drug-likeness (QED) is 0.347. The van der Waals surface area contributed by atoms with Crippen LogP contribution in [0.4, 0.5) is 5.69 Å². The third kappa shape index (κ3) is 6.84. The van der Waals surface area contributed by atoms with Gasteiger partial charge in [0, 0.05) is 5.69 Å². The predicted octanol–water partition coefficient (Wildman–Crippen LogP) is 4.68. The summed E-state index contributed by atoms with van der Waals surface area (Å²) >= 11 is 1.11. The first-order valence-electron chi connectivity index (χ1n) is 10.2. The van der Waals surface area contributed by atoms with Crippen molar-refractivity contribution in [3.63, 3.8) is 0 Å². The van der Waals surface area contributed by atoms with Crippen molar-refractivity contribution < 1.29 is 23.5 Å². The monoisotopic (exact) mass is 455 g/mol. The summed E-state index contributed by atoms with van der Waals surface area (Å²) < 4.78 is 16.2. The van der Waals surface area contributed by atoms with Crippen LogP contribution in [0.5, 0.6) is 5.75 Å². The van der Waals surface area contributed by atoms with Crippen molar-refractivity contribution >= 4 is 29.3 Å². The molecule has 0 bridgehead atoms. The maximum Gasteiger partial charge on any atom is 0.338 e. The molecule has 0 aliphatic rings. The summed E-state index contributed by atoms with van der Waals surface area (Å²) in [5.41, 5.74) is 2.11. The van der Waals surface area contributed by atoms with Gasteiger partial charge in [0.05, 0.1) is 17.9 Å². The van der Waals surface area contributed by atoms with Gasteiger partial charge in [-0.1, -0.05) is 43.8 Å². The first-order chi connectivity index (χ1) is 15.4. The van der Waals surface area contributed by atoms with Gasteiger partial charge in [-0.05, 0) is 48.7 Å². The Morgan fingerprint density at radius 3 is 2.62 bits per heavy atom. The highest BCUT2D eigenvalue weighted by Gasteiger charge is 2.12. The number of nitrogens with zero attached hydrogens (tertiary/aromatic N) is 2. The van der Waals surface area contributed by atoms with Crippen LogP contribution in [-0.2, 0) is 16.1 Å². The third-order valence-corrected chi connectivity index (χ3v) is 5.16. The van der Waals surface area contributed by atoms with E-state index in [0.717, 1.165) is 11.8 Å². The van der Waals surface area contributed by atoms with E-state index in [-0.39, 0.29) is 30.1 Å².